The molecule has 1 fully saturated rings. The van der Waals surface area contributed by atoms with Gasteiger partial charge in [0, 0.05) is 19.0 Å². The fraction of sp³-hybridized carbons (Fsp3) is 0.350. The maximum absolute atomic E-state index is 13.0. The second-order valence-electron chi connectivity index (χ2n) is 6.58. The lowest BCUT2D eigenvalue weighted by atomic mass is 9.89. The predicted octanol–water partition coefficient (Wildman–Crippen LogP) is 2.65. The molecule has 2 aromatic carbocycles. The van der Waals surface area contributed by atoms with Crippen LogP contribution in [0.2, 0.25) is 0 Å². The Labute approximate surface area is 172 Å². The van der Waals surface area contributed by atoms with Crippen LogP contribution in [0.15, 0.2) is 59.5 Å². The third-order valence-electron chi connectivity index (χ3n) is 4.94. The summed E-state index contributed by atoms with van der Waals surface area (Å²) in [5, 5.41) is 0. The zero-order valence-corrected chi connectivity index (χ0v) is 17.3. The van der Waals surface area contributed by atoms with Crippen LogP contribution >= 0.6 is 12.4 Å². The first kappa shape index (κ1) is 22.4. The Hall–Kier alpha value is -1.93. The SMILES string of the molecule is CCOC(=O)c1ccc(S(=O)(=O)N2C[C@@H](CN)[C@H](c3ccccc3)C2)cc1.Cl. The molecule has 28 heavy (non-hydrogen) atoms. The molecule has 0 aromatic heterocycles. The first-order chi connectivity index (χ1) is 13.0. The van der Waals surface area contributed by atoms with Crippen molar-refractivity contribution in [1.29, 1.82) is 0 Å². The van der Waals surface area contributed by atoms with Gasteiger partial charge in [0.15, 0.2) is 0 Å². The average molecular weight is 425 g/mol. The highest BCUT2D eigenvalue weighted by atomic mass is 35.5. The number of sulfonamides is 1. The zero-order chi connectivity index (χ0) is 19.4. The van der Waals surface area contributed by atoms with Crippen molar-refractivity contribution in [3.8, 4) is 0 Å². The van der Waals surface area contributed by atoms with Crippen molar-refractivity contribution in [3.05, 3.63) is 65.7 Å². The molecule has 0 bridgehead atoms. The van der Waals surface area contributed by atoms with Crippen LogP contribution in [0, 0.1) is 5.92 Å². The van der Waals surface area contributed by atoms with E-state index in [1.54, 1.807) is 6.92 Å². The summed E-state index contributed by atoms with van der Waals surface area (Å²) >= 11 is 0. The van der Waals surface area contributed by atoms with Crippen LogP contribution in [-0.4, -0.2) is 44.9 Å². The molecule has 0 amide bonds. The summed E-state index contributed by atoms with van der Waals surface area (Å²) < 4.78 is 32.5. The summed E-state index contributed by atoms with van der Waals surface area (Å²) in [6, 6.07) is 15.7. The quantitative estimate of drug-likeness (QED) is 0.720. The van der Waals surface area contributed by atoms with Gasteiger partial charge in [0.05, 0.1) is 17.1 Å². The van der Waals surface area contributed by atoms with Crippen LogP contribution in [-0.2, 0) is 14.8 Å². The van der Waals surface area contributed by atoms with Crippen LogP contribution in [0.25, 0.3) is 0 Å². The molecule has 0 unspecified atom stereocenters. The number of nitrogens with two attached hydrogens (primary N) is 1. The van der Waals surface area contributed by atoms with Gasteiger partial charge in [-0.3, -0.25) is 0 Å². The van der Waals surface area contributed by atoms with E-state index in [-0.39, 0.29) is 35.7 Å². The third kappa shape index (κ3) is 4.55. The van der Waals surface area contributed by atoms with E-state index in [2.05, 4.69) is 0 Å². The third-order valence-corrected chi connectivity index (χ3v) is 6.79. The Kier molecular flexibility index (Phi) is 7.60. The van der Waals surface area contributed by atoms with E-state index in [1.807, 2.05) is 30.3 Å². The van der Waals surface area contributed by atoms with Gasteiger partial charge in [0.25, 0.3) is 0 Å². The molecule has 2 aromatic rings. The summed E-state index contributed by atoms with van der Waals surface area (Å²) in [5.74, 6) is -0.319. The smallest absolute Gasteiger partial charge is 0.338 e. The van der Waals surface area contributed by atoms with Crippen LogP contribution in [0.4, 0.5) is 0 Å². The van der Waals surface area contributed by atoms with Gasteiger partial charge in [-0.25, -0.2) is 13.2 Å². The Morgan fingerprint density at radius 2 is 1.75 bits per heavy atom. The monoisotopic (exact) mass is 424 g/mol. The van der Waals surface area contributed by atoms with Crippen molar-refractivity contribution < 1.29 is 17.9 Å². The van der Waals surface area contributed by atoms with E-state index in [0.29, 0.717) is 25.2 Å². The summed E-state index contributed by atoms with van der Waals surface area (Å²) in [6.07, 6.45) is 0. The first-order valence-corrected chi connectivity index (χ1v) is 10.4. The molecule has 2 N–H and O–H groups in total. The number of esters is 1. The molecule has 3 rings (SSSR count). The topological polar surface area (TPSA) is 89.7 Å². The van der Waals surface area contributed by atoms with Gasteiger partial charge in [0.2, 0.25) is 10.0 Å². The van der Waals surface area contributed by atoms with Crippen LogP contribution in [0.3, 0.4) is 0 Å². The Balaban J connectivity index is 0.00000280. The minimum Gasteiger partial charge on any atom is -0.462 e. The van der Waals surface area contributed by atoms with Crippen molar-refractivity contribution in [1.82, 2.24) is 4.31 Å². The van der Waals surface area contributed by atoms with Crippen LogP contribution < -0.4 is 5.73 Å². The van der Waals surface area contributed by atoms with E-state index in [1.165, 1.54) is 28.6 Å². The number of carbonyl (C=O) groups is 1. The van der Waals surface area contributed by atoms with E-state index in [4.69, 9.17) is 10.5 Å². The fourth-order valence-corrected chi connectivity index (χ4v) is 4.99. The molecule has 0 spiro atoms. The van der Waals surface area contributed by atoms with Crippen molar-refractivity contribution in [2.24, 2.45) is 11.7 Å². The number of benzene rings is 2. The molecule has 0 saturated carbocycles. The largest absolute Gasteiger partial charge is 0.462 e. The van der Waals surface area contributed by atoms with Crippen LogP contribution in [0.1, 0.15) is 28.8 Å². The molecule has 6 nitrogen and oxygen atoms in total. The molecule has 8 heteroatoms. The number of hydrogen-bond donors (Lipinski definition) is 1. The predicted molar refractivity (Wildman–Crippen MR) is 110 cm³/mol. The van der Waals surface area contributed by atoms with Crippen molar-refractivity contribution in [2.45, 2.75) is 17.7 Å². The number of rotatable bonds is 6. The van der Waals surface area contributed by atoms with Crippen molar-refractivity contribution in [2.75, 3.05) is 26.2 Å². The van der Waals surface area contributed by atoms with Crippen molar-refractivity contribution in [3.63, 3.8) is 0 Å². The highest BCUT2D eigenvalue weighted by Gasteiger charge is 2.39. The molecular formula is C20H25ClN2O4S. The van der Waals surface area contributed by atoms with Gasteiger partial charge < -0.3 is 10.5 Å². The summed E-state index contributed by atoms with van der Waals surface area (Å²) in [4.78, 5) is 11.9. The molecule has 0 radical (unpaired) electrons. The number of carbonyl (C=O) groups excluding carboxylic acids is 1. The Morgan fingerprint density at radius 3 is 2.32 bits per heavy atom. The minimum atomic E-state index is -3.65. The number of nitrogens with zero attached hydrogens (tertiary/aromatic N) is 1. The summed E-state index contributed by atoms with van der Waals surface area (Å²) in [6.45, 7) is 3.20. The van der Waals surface area contributed by atoms with E-state index in [0.717, 1.165) is 5.56 Å². The average Bonchev–Trinajstić information content (AvgIpc) is 3.14. The maximum Gasteiger partial charge on any atom is 0.338 e. The minimum absolute atomic E-state index is 0. The van der Waals surface area contributed by atoms with Crippen LogP contribution in [0.5, 0.6) is 0 Å². The van der Waals surface area contributed by atoms with Gasteiger partial charge in [-0.2, -0.15) is 4.31 Å². The lowest BCUT2D eigenvalue weighted by Gasteiger charge is -2.17. The molecule has 1 aliphatic heterocycles. The summed E-state index contributed by atoms with van der Waals surface area (Å²) in [7, 11) is -3.65. The molecule has 2 atom stereocenters. The Morgan fingerprint density at radius 1 is 1.11 bits per heavy atom. The number of ether oxygens (including phenoxy) is 1. The van der Waals surface area contributed by atoms with Gasteiger partial charge in [0.1, 0.15) is 0 Å². The van der Waals surface area contributed by atoms with Gasteiger partial charge in [-0.05, 0) is 49.2 Å². The number of halogens is 1. The lowest BCUT2D eigenvalue weighted by molar-refractivity contribution is 0.0526. The maximum atomic E-state index is 13.0. The number of hydrogen-bond acceptors (Lipinski definition) is 5. The zero-order valence-electron chi connectivity index (χ0n) is 15.7. The normalized spacial score (nSPS) is 19.8. The van der Waals surface area contributed by atoms with Gasteiger partial charge >= 0.3 is 5.97 Å². The van der Waals surface area contributed by atoms with E-state index < -0.39 is 16.0 Å². The molecular weight excluding hydrogens is 400 g/mol. The first-order valence-electron chi connectivity index (χ1n) is 8.99. The second-order valence-corrected chi connectivity index (χ2v) is 8.52. The van der Waals surface area contributed by atoms with Gasteiger partial charge in [-0.15, -0.1) is 12.4 Å². The fourth-order valence-electron chi connectivity index (χ4n) is 3.47. The van der Waals surface area contributed by atoms with E-state index >= 15 is 0 Å². The van der Waals surface area contributed by atoms with Gasteiger partial charge in [-0.1, -0.05) is 30.3 Å². The summed E-state index contributed by atoms with van der Waals surface area (Å²) in [5.41, 5.74) is 7.35. The molecule has 152 valence electrons. The highest BCUT2D eigenvalue weighted by molar-refractivity contribution is 7.89. The second kappa shape index (κ2) is 9.52. The van der Waals surface area contributed by atoms with Crippen molar-refractivity contribution >= 4 is 28.4 Å². The Bertz CT molecular complexity index is 888. The molecule has 1 aliphatic rings. The molecule has 1 heterocycles. The standard InChI is InChI=1S/C20H24N2O4S.ClH/c1-2-26-20(23)16-8-10-18(11-9-16)27(24,25)22-13-17(12-21)19(14-22)15-6-4-3-5-7-15;/h3-11,17,19H,2,12-14,21H2,1H3;1H/t17-,19+;/m1./s1. The van der Waals surface area contributed by atoms with E-state index in [9.17, 15) is 13.2 Å². The molecule has 0 aliphatic carbocycles. The lowest BCUT2D eigenvalue weighted by Crippen LogP contribution is -2.30. The molecule has 1 saturated heterocycles. The highest BCUT2D eigenvalue weighted by Crippen LogP contribution is 2.35.